The van der Waals surface area contributed by atoms with E-state index in [1.807, 2.05) is 0 Å². The summed E-state index contributed by atoms with van der Waals surface area (Å²) in [6.45, 7) is 0.238. The Morgan fingerprint density at radius 3 is 2.57 bits per heavy atom. The summed E-state index contributed by atoms with van der Waals surface area (Å²) in [5.41, 5.74) is 0.260. The second-order valence-electron chi connectivity index (χ2n) is 5.85. The molecule has 3 rings (SSSR count). The molecule has 0 unspecified atom stereocenters. The first kappa shape index (κ1) is 20.0. The fourth-order valence-corrected chi connectivity index (χ4v) is 3.91. The van der Waals surface area contributed by atoms with E-state index in [9.17, 15) is 21.6 Å². The number of nitrogens with two attached hydrogens (primary N) is 1. The van der Waals surface area contributed by atoms with E-state index in [4.69, 9.17) is 14.6 Å². The van der Waals surface area contributed by atoms with Crippen molar-refractivity contribution in [2.24, 2.45) is 9.54 Å². The smallest absolute Gasteiger partial charge is 0.339 e. The first-order chi connectivity index (χ1) is 13.1. The van der Waals surface area contributed by atoms with Gasteiger partial charge in [0.15, 0.2) is 0 Å². The molecule has 0 saturated carbocycles. The Morgan fingerprint density at radius 2 is 1.89 bits per heavy atom. The van der Waals surface area contributed by atoms with E-state index in [0.29, 0.717) is 5.75 Å². The number of hydrogen-bond donors (Lipinski definition) is 1. The number of rotatable bonds is 6. The monoisotopic (exact) mass is 427 g/mol. The minimum Gasteiger partial charge on any atom is -0.490 e. The van der Waals surface area contributed by atoms with Crippen LogP contribution in [0.4, 0.5) is 0 Å². The third-order valence-electron chi connectivity index (χ3n) is 3.80. The maximum Gasteiger partial charge on any atom is 0.339 e. The quantitative estimate of drug-likeness (QED) is 0.483. The average molecular weight is 427 g/mol. The van der Waals surface area contributed by atoms with Crippen molar-refractivity contribution in [2.75, 3.05) is 25.5 Å². The highest BCUT2D eigenvalue weighted by Crippen LogP contribution is 2.17. The molecule has 2 N–H and O–H groups in total. The van der Waals surface area contributed by atoms with Gasteiger partial charge in [0.05, 0.1) is 16.2 Å². The van der Waals surface area contributed by atoms with Crippen molar-refractivity contribution in [2.45, 2.75) is 4.90 Å². The van der Waals surface area contributed by atoms with Crippen molar-refractivity contribution >= 4 is 31.9 Å². The summed E-state index contributed by atoms with van der Waals surface area (Å²) in [6.07, 6.45) is 4.37. The molecule has 0 aromatic heterocycles. The maximum atomic E-state index is 12.1. The number of fused-ring (bicyclic) bond motifs is 1. The minimum atomic E-state index is -3.77. The first-order valence-corrected chi connectivity index (χ1v) is 11.2. The molecule has 0 spiro atoms. The molecule has 0 radical (unpaired) electrons. The molecular weight excluding hydrogens is 410 g/mol. The van der Waals surface area contributed by atoms with Gasteiger partial charge in [0.1, 0.15) is 24.8 Å². The maximum absolute atomic E-state index is 12.1. The van der Waals surface area contributed by atoms with Crippen LogP contribution in [-0.2, 0) is 29.6 Å². The second-order valence-corrected chi connectivity index (χ2v) is 9.16. The highest BCUT2D eigenvalue weighted by atomic mass is 32.2. The number of amidine groups is 1. The molecule has 0 aliphatic carbocycles. The number of benzene rings is 1. The standard InChI is InChI=1S/C16H17N3O7S2/c17-28(23,24)14-4-2-13(3-5-14)25-8-9-26-16(20)12-1-6-15-18-27(21,22)10-7-19(15)11-12/h1-6,11H,7-10H2,(H2,17,23,24). The predicted molar refractivity (Wildman–Crippen MR) is 99.4 cm³/mol. The normalized spacial score (nSPS) is 18.0. The van der Waals surface area contributed by atoms with E-state index >= 15 is 0 Å². The van der Waals surface area contributed by atoms with Crippen LogP contribution in [0.1, 0.15) is 0 Å². The van der Waals surface area contributed by atoms with Gasteiger partial charge in [-0.25, -0.2) is 26.8 Å². The van der Waals surface area contributed by atoms with Crippen LogP contribution in [0.2, 0.25) is 0 Å². The lowest BCUT2D eigenvalue weighted by atomic mass is 10.2. The average Bonchev–Trinajstić information content (AvgIpc) is 2.63. The Hall–Kier alpha value is -2.70. The zero-order chi connectivity index (χ0) is 20.4. The van der Waals surface area contributed by atoms with E-state index in [-0.39, 0.29) is 41.8 Å². The van der Waals surface area contributed by atoms with Crippen LogP contribution in [0.15, 0.2) is 57.5 Å². The number of nitrogens with zero attached hydrogens (tertiary/aromatic N) is 2. The topological polar surface area (TPSA) is 145 Å². The number of hydrogen-bond acceptors (Lipinski definition) is 8. The molecule has 28 heavy (non-hydrogen) atoms. The molecule has 150 valence electrons. The minimum absolute atomic E-state index is 0.0315. The predicted octanol–water partition coefficient (Wildman–Crippen LogP) is -0.246. The third-order valence-corrected chi connectivity index (χ3v) is 5.89. The van der Waals surface area contributed by atoms with E-state index in [1.54, 1.807) is 4.90 Å². The van der Waals surface area contributed by atoms with Crippen molar-refractivity contribution in [1.29, 1.82) is 0 Å². The van der Waals surface area contributed by atoms with Gasteiger partial charge in [-0.1, -0.05) is 0 Å². The zero-order valence-corrected chi connectivity index (χ0v) is 16.1. The molecule has 1 aromatic carbocycles. The van der Waals surface area contributed by atoms with Crippen LogP contribution in [0.25, 0.3) is 0 Å². The van der Waals surface area contributed by atoms with Gasteiger partial charge >= 0.3 is 5.97 Å². The van der Waals surface area contributed by atoms with Gasteiger partial charge < -0.3 is 14.4 Å². The molecule has 0 fully saturated rings. The summed E-state index contributed by atoms with van der Waals surface area (Å²) >= 11 is 0. The van der Waals surface area contributed by atoms with E-state index in [1.165, 1.54) is 42.6 Å². The number of sulfonamides is 2. The summed E-state index contributed by atoms with van der Waals surface area (Å²) in [4.78, 5) is 13.6. The molecular formula is C16H17N3O7S2. The molecule has 10 nitrogen and oxygen atoms in total. The van der Waals surface area contributed by atoms with Gasteiger partial charge in [0.25, 0.3) is 10.0 Å². The Morgan fingerprint density at radius 1 is 1.18 bits per heavy atom. The van der Waals surface area contributed by atoms with Crippen LogP contribution >= 0.6 is 0 Å². The SMILES string of the molecule is NS(=O)(=O)c1ccc(OCCOC(=O)C2=CN3CCS(=O)(=O)N=C3C=C2)cc1. The van der Waals surface area contributed by atoms with Crippen LogP contribution < -0.4 is 9.88 Å². The lowest BCUT2D eigenvalue weighted by Crippen LogP contribution is -2.37. The Kier molecular flexibility index (Phi) is 5.54. The summed E-state index contributed by atoms with van der Waals surface area (Å²) < 4.78 is 59.4. The number of esters is 1. The van der Waals surface area contributed by atoms with Crippen molar-refractivity contribution in [3.8, 4) is 5.75 Å². The number of carbonyl (C=O) groups excluding carboxylic acids is 1. The molecule has 0 saturated heterocycles. The Bertz CT molecular complexity index is 1070. The van der Waals surface area contributed by atoms with Crippen molar-refractivity contribution in [3.63, 3.8) is 0 Å². The molecule has 2 aliphatic heterocycles. The van der Waals surface area contributed by atoms with Crippen LogP contribution in [0.3, 0.4) is 0 Å². The zero-order valence-electron chi connectivity index (χ0n) is 14.5. The molecule has 1 aromatic rings. The fourth-order valence-electron chi connectivity index (χ4n) is 2.42. The van der Waals surface area contributed by atoms with Gasteiger partial charge in [0.2, 0.25) is 10.0 Å². The fraction of sp³-hybridized carbons (Fsp3) is 0.250. The number of ether oxygens (including phenoxy) is 2. The van der Waals surface area contributed by atoms with Crippen LogP contribution in [0.5, 0.6) is 5.75 Å². The van der Waals surface area contributed by atoms with Crippen LogP contribution in [0, 0.1) is 0 Å². The lowest BCUT2D eigenvalue weighted by Gasteiger charge is -2.26. The molecule has 2 aliphatic rings. The summed E-state index contributed by atoms with van der Waals surface area (Å²) in [6, 6.07) is 5.51. The summed E-state index contributed by atoms with van der Waals surface area (Å²) in [7, 11) is -7.22. The van der Waals surface area contributed by atoms with Crippen LogP contribution in [-0.4, -0.2) is 59.1 Å². The Labute approximate surface area is 162 Å². The Balaban J connectivity index is 1.49. The third kappa shape index (κ3) is 4.97. The van der Waals surface area contributed by atoms with Gasteiger partial charge in [-0.15, -0.1) is 4.40 Å². The highest BCUT2D eigenvalue weighted by Gasteiger charge is 2.25. The molecule has 0 amide bonds. The first-order valence-electron chi connectivity index (χ1n) is 8.06. The number of primary sulfonamides is 1. The van der Waals surface area contributed by atoms with E-state index in [0.717, 1.165) is 0 Å². The summed E-state index contributed by atoms with van der Waals surface area (Å²) in [5.74, 6) is -0.0528. The molecule has 12 heteroatoms. The van der Waals surface area contributed by atoms with E-state index < -0.39 is 26.0 Å². The highest BCUT2D eigenvalue weighted by molar-refractivity contribution is 7.90. The molecule has 2 heterocycles. The molecule has 0 bridgehead atoms. The van der Waals surface area contributed by atoms with E-state index in [2.05, 4.69) is 4.40 Å². The second kappa shape index (κ2) is 7.73. The largest absolute Gasteiger partial charge is 0.490 e. The number of carbonyl (C=O) groups is 1. The lowest BCUT2D eigenvalue weighted by molar-refractivity contribution is -0.139. The summed E-state index contributed by atoms with van der Waals surface area (Å²) in [5, 5.41) is 5.01. The van der Waals surface area contributed by atoms with Crippen molar-refractivity contribution < 1.29 is 31.1 Å². The van der Waals surface area contributed by atoms with Gasteiger partial charge in [-0.05, 0) is 36.4 Å². The van der Waals surface area contributed by atoms with Gasteiger partial charge in [0, 0.05) is 12.7 Å². The van der Waals surface area contributed by atoms with Gasteiger partial charge in [-0.2, -0.15) is 0 Å². The van der Waals surface area contributed by atoms with Crippen molar-refractivity contribution in [3.05, 3.63) is 48.2 Å². The van der Waals surface area contributed by atoms with Crippen molar-refractivity contribution in [1.82, 2.24) is 4.90 Å². The van der Waals surface area contributed by atoms with Gasteiger partial charge in [-0.3, -0.25) is 0 Å². The molecule has 0 atom stereocenters.